The number of hydrogen-bond acceptors (Lipinski definition) is 7. The summed E-state index contributed by atoms with van der Waals surface area (Å²) in [5.74, 6) is 1.60. The van der Waals surface area contributed by atoms with E-state index in [-0.39, 0.29) is 11.7 Å². The Bertz CT molecular complexity index is 1160. The summed E-state index contributed by atoms with van der Waals surface area (Å²) < 4.78 is 7.13. The monoisotopic (exact) mass is 451 g/mol. The fourth-order valence-electron chi connectivity index (χ4n) is 2.99. The van der Waals surface area contributed by atoms with Crippen molar-refractivity contribution in [3.05, 3.63) is 77.1 Å². The fourth-order valence-corrected chi connectivity index (χ4v) is 4.65. The zero-order chi connectivity index (χ0) is 21.6. The Morgan fingerprint density at radius 1 is 1.13 bits per heavy atom. The first-order valence-corrected chi connectivity index (χ1v) is 11.4. The van der Waals surface area contributed by atoms with Crippen molar-refractivity contribution in [2.75, 3.05) is 18.2 Å². The first-order valence-electron chi connectivity index (χ1n) is 9.60. The number of carbonyl (C=O) groups excluding carboxylic acids is 1. The van der Waals surface area contributed by atoms with Gasteiger partial charge in [0.25, 0.3) is 0 Å². The predicted octanol–water partition coefficient (Wildman–Crippen LogP) is 4.36. The number of anilines is 1. The molecular formula is C22H21N5O2S2. The Kier molecular flexibility index (Phi) is 6.63. The zero-order valence-corrected chi connectivity index (χ0v) is 18.7. The maximum absolute atomic E-state index is 12.5. The molecule has 0 saturated heterocycles. The van der Waals surface area contributed by atoms with Crippen molar-refractivity contribution in [1.82, 2.24) is 19.7 Å². The number of thiazole rings is 1. The molecule has 0 spiro atoms. The molecule has 4 rings (SSSR count). The third kappa shape index (κ3) is 5.31. The molecule has 2 heterocycles. The number of carbonyl (C=O) groups is 1. The quantitative estimate of drug-likeness (QED) is 0.401. The van der Waals surface area contributed by atoms with Crippen LogP contribution in [-0.4, -0.2) is 38.5 Å². The number of aryl methyl sites for hydroxylation is 1. The van der Waals surface area contributed by atoms with Gasteiger partial charge >= 0.3 is 0 Å². The highest BCUT2D eigenvalue weighted by molar-refractivity contribution is 7.99. The van der Waals surface area contributed by atoms with E-state index >= 15 is 0 Å². The molecule has 2 aromatic carbocycles. The van der Waals surface area contributed by atoms with Crippen molar-refractivity contribution >= 4 is 34.1 Å². The molecule has 4 aromatic rings. The lowest BCUT2D eigenvalue weighted by molar-refractivity contribution is -0.113. The van der Waals surface area contributed by atoms with Gasteiger partial charge < -0.3 is 10.1 Å². The number of nitrogens with one attached hydrogen (secondary N) is 1. The molecule has 0 radical (unpaired) electrons. The summed E-state index contributed by atoms with van der Waals surface area (Å²) in [7, 11) is 1.63. The lowest BCUT2D eigenvalue weighted by atomic mass is 10.1. The Morgan fingerprint density at radius 2 is 1.90 bits per heavy atom. The largest absolute Gasteiger partial charge is 0.497 e. The average Bonchev–Trinajstić information content (AvgIpc) is 3.39. The number of amides is 1. The molecule has 0 fully saturated rings. The van der Waals surface area contributed by atoms with Gasteiger partial charge in [-0.05, 0) is 36.8 Å². The molecule has 7 nitrogen and oxygen atoms in total. The molecule has 0 unspecified atom stereocenters. The summed E-state index contributed by atoms with van der Waals surface area (Å²) in [4.78, 5) is 17.9. The Morgan fingerprint density at radius 3 is 2.65 bits per heavy atom. The van der Waals surface area contributed by atoms with E-state index in [2.05, 4.69) is 32.6 Å². The molecule has 0 aliphatic carbocycles. The van der Waals surface area contributed by atoms with Crippen LogP contribution in [-0.2, 0) is 11.2 Å². The number of thioether (sulfide) groups is 1. The molecule has 2 aromatic heterocycles. The lowest BCUT2D eigenvalue weighted by Gasteiger charge is -2.09. The van der Waals surface area contributed by atoms with Crippen molar-refractivity contribution in [3.8, 4) is 11.4 Å². The summed E-state index contributed by atoms with van der Waals surface area (Å²) >= 11 is 2.82. The Balaban J connectivity index is 1.36. The molecule has 1 amide bonds. The van der Waals surface area contributed by atoms with E-state index in [1.54, 1.807) is 7.11 Å². The highest BCUT2D eigenvalue weighted by Gasteiger charge is 2.14. The number of ether oxygens (including phenoxy) is 1. The van der Waals surface area contributed by atoms with E-state index in [0.29, 0.717) is 10.3 Å². The van der Waals surface area contributed by atoms with Gasteiger partial charge in [0.05, 0.1) is 12.9 Å². The van der Waals surface area contributed by atoms with Crippen LogP contribution in [0.25, 0.3) is 5.69 Å². The van der Waals surface area contributed by atoms with Crippen LogP contribution in [0.15, 0.2) is 66.0 Å². The highest BCUT2D eigenvalue weighted by atomic mass is 32.2. The van der Waals surface area contributed by atoms with Crippen molar-refractivity contribution in [3.63, 3.8) is 0 Å². The van der Waals surface area contributed by atoms with Crippen molar-refractivity contribution in [2.45, 2.75) is 18.5 Å². The van der Waals surface area contributed by atoms with E-state index in [1.165, 1.54) is 28.7 Å². The van der Waals surface area contributed by atoms with Crippen LogP contribution >= 0.6 is 23.1 Å². The Hall–Kier alpha value is -3.17. The summed E-state index contributed by atoms with van der Waals surface area (Å²) in [5, 5.41) is 12.5. The summed E-state index contributed by atoms with van der Waals surface area (Å²) in [6, 6.07) is 17.8. The lowest BCUT2D eigenvalue weighted by Crippen LogP contribution is -2.14. The van der Waals surface area contributed by atoms with Crippen LogP contribution in [0.2, 0.25) is 0 Å². The predicted molar refractivity (Wildman–Crippen MR) is 123 cm³/mol. The molecule has 0 atom stereocenters. The first kappa shape index (κ1) is 21.1. The maximum Gasteiger partial charge on any atom is 0.236 e. The van der Waals surface area contributed by atoms with Crippen molar-refractivity contribution < 1.29 is 9.53 Å². The molecule has 0 bridgehead atoms. The molecule has 1 N–H and O–H groups in total. The SMILES string of the molecule is COc1ccc(-n2c(C)nnc2SCC(=O)Nc2ncc(Cc3ccccc3)s2)cc1. The number of hydrogen-bond donors (Lipinski definition) is 1. The first-order chi connectivity index (χ1) is 15.1. The number of rotatable bonds is 8. The van der Waals surface area contributed by atoms with Crippen molar-refractivity contribution in [2.24, 2.45) is 0 Å². The van der Waals surface area contributed by atoms with Crippen LogP contribution in [0.3, 0.4) is 0 Å². The molecule has 0 aliphatic rings. The third-order valence-electron chi connectivity index (χ3n) is 4.48. The van der Waals surface area contributed by atoms with Gasteiger partial charge in [-0.3, -0.25) is 9.36 Å². The molecular weight excluding hydrogens is 430 g/mol. The summed E-state index contributed by atoms with van der Waals surface area (Å²) in [6.07, 6.45) is 2.61. The van der Waals surface area contributed by atoms with Crippen LogP contribution in [0.4, 0.5) is 5.13 Å². The van der Waals surface area contributed by atoms with Crippen LogP contribution in [0.5, 0.6) is 5.75 Å². The third-order valence-corrected chi connectivity index (χ3v) is 6.32. The van der Waals surface area contributed by atoms with Gasteiger partial charge in [0.2, 0.25) is 5.91 Å². The van der Waals surface area contributed by atoms with Crippen LogP contribution in [0.1, 0.15) is 16.3 Å². The minimum absolute atomic E-state index is 0.132. The smallest absolute Gasteiger partial charge is 0.236 e. The van der Waals surface area contributed by atoms with Gasteiger partial charge in [0, 0.05) is 23.2 Å². The molecule has 0 aliphatic heterocycles. The molecule has 31 heavy (non-hydrogen) atoms. The van der Waals surface area contributed by atoms with Crippen molar-refractivity contribution in [1.29, 1.82) is 0 Å². The fraction of sp³-hybridized carbons (Fsp3) is 0.182. The number of nitrogens with zero attached hydrogens (tertiary/aromatic N) is 4. The average molecular weight is 452 g/mol. The summed E-state index contributed by atoms with van der Waals surface area (Å²) in [6.45, 7) is 1.88. The van der Waals surface area contributed by atoms with Crippen LogP contribution in [0, 0.1) is 6.92 Å². The van der Waals surface area contributed by atoms with Gasteiger partial charge in [-0.1, -0.05) is 42.1 Å². The number of aromatic nitrogens is 4. The molecule has 9 heteroatoms. The topological polar surface area (TPSA) is 81.9 Å². The standard InChI is InChI=1S/C22H21N5O2S2/c1-15-25-26-22(27(15)17-8-10-18(29-2)11-9-17)30-14-20(28)24-21-23-13-19(31-21)12-16-6-4-3-5-7-16/h3-11,13H,12,14H2,1-2H3,(H,23,24,28). The van der Waals surface area contributed by atoms with E-state index in [0.717, 1.165) is 28.6 Å². The zero-order valence-electron chi connectivity index (χ0n) is 17.1. The van der Waals surface area contributed by atoms with Gasteiger partial charge in [-0.2, -0.15) is 0 Å². The second-order valence-corrected chi connectivity index (χ2v) is 8.75. The minimum Gasteiger partial charge on any atom is -0.497 e. The highest BCUT2D eigenvalue weighted by Crippen LogP contribution is 2.25. The second kappa shape index (κ2) is 9.76. The second-order valence-electron chi connectivity index (χ2n) is 6.69. The minimum atomic E-state index is -0.132. The number of methoxy groups -OCH3 is 1. The van der Waals surface area contributed by atoms with Gasteiger partial charge in [-0.25, -0.2) is 4.98 Å². The normalized spacial score (nSPS) is 10.8. The summed E-state index contributed by atoms with van der Waals surface area (Å²) in [5.41, 5.74) is 2.13. The van der Waals surface area contributed by atoms with Gasteiger partial charge in [0.1, 0.15) is 11.6 Å². The molecule has 158 valence electrons. The van der Waals surface area contributed by atoms with E-state index in [1.807, 2.05) is 60.2 Å². The van der Waals surface area contributed by atoms with E-state index in [9.17, 15) is 4.79 Å². The molecule has 0 saturated carbocycles. The number of benzene rings is 2. The van der Waals surface area contributed by atoms with Gasteiger partial charge in [0.15, 0.2) is 10.3 Å². The van der Waals surface area contributed by atoms with Gasteiger partial charge in [-0.15, -0.1) is 21.5 Å². The van der Waals surface area contributed by atoms with Crippen LogP contribution < -0.4 is 10.1 Å². The van der Waals surface area contributed by atoms with E-state index < -0.39 is 0 Å². The maximum atomic E-state index is 12.5. The Labute approximate surface area is 188 Å². The van der Waals surface area contributed by atoms with E-state index in [4.69, 9.17) is 4.74 Å².